The fourth-order valence-electron chi connectivity index (χ4n) is 0. The SMILES string of the molecule is C#N.[BeH2].[Cu]. The van der Waals surface area contributed by atoms with Gasteiger partial charge in [0.25, 0.3) is 0 Å². The van der Waals surface area contributed by atoms with Crippen LogP contribution in [0.2, 0.25) is 0 Å². The van der Waals surface area contributed by atoms with Gasteiger partial charge in [-0.3, -0.25) is 0 Å². The molecule has 0 unspecified atom stereocenters. The molecule has 0 bridgehead atoms. The number of nitriles is 1. The second kappa shape index (κ2) is 474. The van der Waals surface area contributed by atoms with Crippen LogP contribution in [-0.4, -0.2) is 10.1 Å². The fourth-order valence-corrected chi connectivity index (χ4v) is 0. The summed E-state index contributed by atoms with van der Waals surface area (Å²) in [6.07, 6.45) is 0. The van der Waals surface area contributed by atoms with Crippen LogP contribution in [0.3, 0.4) is 0 Å². The second-order valence-corrected chi connectivity index (χ2v) is 0. The molecule has 0 amide bonds. The van der Waals surface area contributed by atoms with Crippen LogP contribution < -0.4 is 0 Å². The molecule has 0 saturated heterocycles. The molecule has 0 spiro atoms. The van der Waals surface area contributed by atoms with E-state index in [1.54, 1.807) is 0 Å². The average molecular weight is 102 g/mol. The van der Waals surface area contributed by atoms with Crippen LogP contribution in [0.15, 0.2) is 0 Å². The van der Waals surface area contributed by atoms with Crippen molar-refractivity contribution in [3.05, 3.63) is 0 Å². The van der Waals surface area contributed by atoms with Crippen molar-refractivity contribution in [3.63, 3.8) is 0 Å². The van der Waals surface area contributed by atoms with Crippen molar-refractivity contribution in [3.8, 4) is 6.57 Å². The molecule has 0 heterocycles. The van der Waals surface area contributed by atoms with Crippen LogP contribution in [0.5, 0.6) is 0 Å². The molecule has 1 nitrogen and oxygen atoms in total. The van der Waals surface area contributed by atoms with Crippen molar-refractivity contribution in [2.24, 2.45) is 0 Å². The third-order valence-electron chi connectivity index (χ3n) is 0. The van der Waals surface area contributed by atoms with E-state index in [0.29, 0.717) is 0 Å². The minimum atomic E-state index is 0. The minimum Gasteiger partial charge on any atom is 0 e. The van der Waals surface area contributed by atoms with E-state index < -0.39 is 0 Å². The van der Waals surface area contributed by atoms with Crippen LogP contribution in [0.4, 0.5) is 0 Å². The standard InChI is InChI=1S/CHN.Be.Cu.2H/c1-2;;;;/h1H;;;;. The Morgan fingerprint density at radius 2 is 1.25 bits per heavy atom. The molecule has 25 valence electrons. The van der Waals surface area contributed by atoms with Crippen LogP contribution in [0.1, 0.15) is 0 Å². The van der Waals surface area contributed by atoms with Gasteiger partial charge in [-0.1, -0.05) is 0 Å². The summed E-state index contributed by atoms with van der Waals surface area (Å²) >= 11 is 0. The van der Waals surface area contributed by atoms with Gasteiger partial charge in [-0.2, -0.15) is 0 Å². The van der Waals surface area contributed by atoms with Crippen molar-refractivity contribution in [2.75, 3.05) is 0 Å². The molecule has 0 aliphatic carbocycles. The monoisotopic (exact) mass is 101 g/mol. The van der Waals surface area contributed by atoms with Gasteiger partial charge in [-0.15, -0.1) is 0 Å². The molecular weight excluding hydrogens is 98.6 g/mol. The first kappa shape index (κ1) is 30.4. The zero-order valence-corrected chi connectivity index (χ0v) is 2.27. The van der Waals surface area contributed by atoms with Crippen molar-refractivity contribution >= 4 is 10.1 Å². The van der Waals surface area contributed by atoms with E-state index in [1.807, 2.05) is 0 Å². The number of hydrogen-bond donors (Lipinski definition) is 0. The molecule has 1 radical (unpaired) electrons. The third-order valence-corrected chi connectivity index (χ3v) is 0. The summed E-state index contributed by atoms with van der Waals surface area (Å²) in [4.78, 5) is 0. The largest absolute Gasteiger partial charge is 0 e. The summed E-state index contributed by atoms with van der Waals surface area (Å²) < 4.78 is 0. The topological polar surface area (TPSA) is 23.8 Å². The van der Waals surface area contributed by atoms with E-state index in [1.165, 1.54) is 0 Å². The van der Waals surface area contributed by atoms with Crippen LogP contribution >= 0.6 is 0 Å². The second-order valence-electron chi connectivity index (χ2n) is 0. The van der Waals surface area contributed by atoms with Crippen LogP contribution in [0, 0.1) is 11.8 Å². The first-order chi connectivity index (χ1) is 1.00. The van der Waals surface area contributed by atoms with Gasteiger partial charge in [0.05, 0.1) is 0 Å². The van der Waals surface area contributed by atoms with Crippen molar-refractivity contribution in [1.29, 1.82) is 5.26 Å². The Balaban J connectivity index is -0.00000000500. The summed E-state index contributed by atoms with van der Waals surface area (Å²) in [7, 11) is 0. The molecular formula is CH3BeCuN. The van der Waals surface area contributed by atoms with E-state index in [4.69, 9.17) is 5.26 Å². The Hall–Kier alpha value is 0.178. The molecule has 0 aromatic heterocycles. The Labute approximate surface area is 39.7 Å². The maximum Gasteiger partial charge on any atom is 0 e. The molecule has 0 aromatic rings. The molecule has 0 rings (SSSR count). The van der Waals surface area contributed by atoms with E-state index in [2.05, 4.69) is 6.57 Å². The van der Waals surface area contributed by atoms with E-state index in [0.717, 1.165) is 0 Å². The molecule has 3 heteroatoms. The van der Waals surface area contributed by atoms with Gasteiger partial charge in [0.2, 0.25) is 0 Å². The van der Waals surface area contributed by atoms with Gasteiger partial charge in [0.15, 0.2) is 0 Å². The van der Waals surface area contributed by atoms with Gasteiger partial charge >= 0.3 is 10.1 Å². The molecule has 0 saturated carbocycles. The minimum absolute atomic E-state index is 0. The average Bonchev–Trinajstić information content (AvgIpc) is 1.00. The van der Waals surface area contributed by atoms with Gasteiger partial charge in [-0.05, 0) is 0 Å². The van der Waals surface area contributed by atoms with E-state index in [9.17, 15) is 0 Å². The Morgan fingerprint density at radius 3 is 1.25 bits per heavy atom. The zero-order valence-electron chi connectivity index (χ0n) is 1.33. The van der Waals surface area contributed by atoms with Crippen LogP contribution in [-0.2, 0) is 17.1 Å². The number of rotatable bonds is 0. The van der Waals surface area contributed by atoms with E-state index in [-0.39, 0.29) is 27.2 Å². The summed E-state index contributed by atoms with van der Waals surface area (Å²) in [5.74, 6) is 0. The Kier molecular flexibility index (Phi) is 3600. The summed E-state index contributed by atoms with van der Waals surface area (Å²) in [5, 5.41) is 6.50. The molecule has 0 N–H and O–H groups in total. The molecule has 0 atom stereocenters. The predicted molar refractivity (Wildman–Crippen MR) is 15.2 cm³/mol. The maximum atomic E-state index is 6.50. The fraction of sp³-hybridized carbons (Fsp3) is 0. The molecule has 0 aliphatic heterocycles. The summed E-state index contributed by atoms with van der Waals surface area (Å²) in [6.45, 7) is 3.50. The molecule has 0 aliphatic rings. The normalized spacial score (nSPS) is 0.500. The number of hydrogen-bond acceptors (Lipinski definition) is 1. The molecule has 4 heavy (non-hydrogen) atoms. The van der Waals surface area contributed by atoms with Gasteiger partial charge in [0, 0.05) is 23.6 Å². The van der Waals surface area contributed by atoms with Crippen molar-refractivity contribution in [1.82, 2.24) is 0 Å². The first-order valence-corrected chi connectivity index (χ1v) is 0.258. The first-order valence-electron chi connectivity index (χ1n) is 0.258. The van der Waals surface area contributed by atoms with Crippen molar-refractivity contribution < 1.29 is 17.1 Å². The predicted octanol–water partition coefficient (Wildman–Crippen LogP) is -0.779. The molecule has 0 fully saturated rings. The smallest absolute Gasteiger partial charge is 0 e. The van der Waals surface area contributed by atoms with Crippen molar-refractivity contribution in [2.45, 2.75) is 0 Å². The molecule has 0 aromatic carbocycles. The quantitative estimate of drug-likeness (QED) is 0.368. The number of nitrogens with zero attached hydrogens (tertiary/aromatic N) is 1. The summed E-state index contributed by atoms with van der Waals surface area (Å²) in [6, 6.07) is 0. The Bertz CT molecular complexity index is 12.8. The van der Waals surface area contributed by atoms with Gasteiger partial charge in [-0.25, -0.2) is 5.26 Å². The van der Waals surface area contributed by atoms with Gasteiger partial charge < -0.3 is 0 Å². The van der Waals surface area contributed by atoms with Crippen LogP contribution in [0.25, 0.3) is 0 Å². The summed E-state index contributed by atoms with van der Waals surface area (Å²) in [5.41, 5.74) is 0. The van der Waals surface area contributed by atoms with Gasteiger partial charge in [0.1, 0.15) is 0 Å². The Morgan fingerprint density at radius 1 is 1.25 bits per heavy atom. The third kappa shape index (κ3) is 95.1. The zero-order chi connectivity index (χ0) is 2.00. The van der Waals surface area contributed by atoms with E-state index >= 15 is 0 Å². The maximum absolute atomic E-state index is 6.50.